The average molecular weight is 293 g/mol. The number of nitrogen functional groups attached to an aromatic ring is 1. The van der Waals surface area contributed by atoms with Gasteiger partial charge in [-0.2, -0.15) is 0 Å². The van der Waals surface area contributed by atoms with Gasteiger partial charge in [-0.1, -0.05) is 6.07 Å². The van der Waals surface area contributed by atoms with E-state index in [2.05, 4.69) is 31.9 Å². The van der Waals surface area contributed by atoms with E-state index in [-0.39, 0.29) is 12.4 Å². The van der Waals surface area contributed by atoms with E-state index >= 15 is 0 Å². The van der Waals surface area contributed by atoms with Crippen LogP contribution >= 0.6 is 44.3 Å². The van der Waals surface area contributed by atoms with Gasteiger partial charge in [0.15, 0.2) is 0 Å². The standard InChI is InChI=1S/C6H5Br2N.ClH/c7-4-2-1-3-5(8)6(4)9;/h1-3H,9H2;1H/i1+1,2+1,3+1,4+1,5+1,6+1;. The monoisotopic (exact) mass is 291 g/mol. The predicted octanol–water partition coefficient (Wildman–Crippen LogP) is 3.22. The van der Waals surface area contributed by atoms with Gasteiger partial charge in [-0.25, -0.2) is 0 Å². The van der Waals surface area contributed by atoms with Crippen LogP contribution in [0.2, 0.25) is 0 Å². The van der Waals surface area contributed by atoms with Crippen molar-refractivity contribution in [3.8, 4) is 0 Å². The molecule has 0 aromatic heterocycles. The lowest BCUT2D eigenvalue weighted by molar-refractivity contribution is 1.59. The van der Waals surface area contributed by atoms with Crippen molar-refractivity contribution in [3.05, 3.63) is 27.1 Å². The first kappa shape index (κ1) is 10.3. The molecule has 1 aromatic rings. The molecule has 0 saturated heterocycles. The second-order valence-corrected chi connectivity index (χ2v) is 3.34. The maximum atomic E-state index is 5.59. The highest BCUT2D eigenvalue weighted by Gasteiger charge is 1.96. The largest absolute Gasteiger partial charge is 0.397 e. The van der Waals surface area contributed by atoms with Crippen LogP contribution in [0.25, 0.3) is 0 Å². The predicted molar refractivity (Wildman–Crippen MR) is 53.5 cm³/mol. The summed E-state index contributed by atoms with van der Waals surface area (Å²) < 4.78 is 1.86. The van der Waals surface area contributed by atoms with Crippen LogP contribution in [0, 0.1) is 0 Å². The molecule has 0 aliphatic rings. The summed E-state index contributed by atoms with van der Waals surface area (Å²) in [5.74, 6) is 0. The fraction of sp³-hybridized carbons (Fsp3) is 0. The van der Waals surface area contributed by atoms with E-state index < -0.39 is 0 Å². The smallest absolute Gasteiger partial charge is 0.0602 e. The number of nitrogens with two attached hydrogens (primary N) is 1. The molecule has 0 atom stereocenters. The van der Waals surface area contributed by atoms with E-state index in [0.29, 0.717) is 0 Å². The number of anilines is 1. The lowest BCUT2D eigenvalue weighted by atomic mass is 11.3. The van der Waals surface area contributed by atoms with Crippen LogP contribution in [0.5, 0.6) is 0 Å². The van der Waals surface area contributed by atoms with Gasteiger partial charge in [0, 0.05) is 8.95 Å². The van der Waals surface area contributed by atoms with Gasteiger partial charge in [-0.3, -0.25) is 0 Å². The van der Waals surface area contributed by atoms with Gasteiger partial charge in [0.25, 0.3) is 0 Å². The van der Waals surface area contributed by atoms with Gasteiger partial charge in [0.05, 0.1) is 5.69 Å². The normalized spacial score (nSPS) is 8.60. The third-order valence-electron chi connectivity index (χ3n) is 1.000. The molecule has 0 bridgehead atoms. The number of para-hydroxylation sites is 1. The quantitative estimate of drug-likeness (QED) is 0.730. The Morgan fingerprint density at radius 2 is 1.50 bits per heavy atom. The van der Waals surface area contributed by atoms with Gasteiger partial charge in [0.1, 0.15) is 0 Å². The lowest BCUT2D eigenvalue weighted by Crippen LogP contribution is -1.86. The van der Waals surface area contributed by atoms with E-state index in [1.165, 1.54) is 0 Å². The molecule has 0 aliphatic carbocycles. The van der Waals surface area contributed by atoms with Gasteiger partial charge >= 0.3 is 0 Å². The van der Waals surface area contributed by atoms with Crippen LogP contribution in [0.4, 0.5) is 5.69 Å². The fourth-order valence-electron chi connectivity index (χ4n) is 0.511. The van der Waals surface area contributed by atoms with Gasteiger partial charge in [0.2, 0.25) is 0 Å². The fourth-order valence-corrected chi connectivity index (χ4v) is 1.51. The van der Waals surface area contributed by atoms with Crippen molar-refractivity contribution >= 4 is 50.0 Å². The summed E-state index contributed by atoms with van der Waals surface area (Å²) in [5, 5.41) is 0. The van der Waals surface area contributed by atoms with Crippen molar-refractivity contribution < 1.29 is 0 Å². The number of hydrogen-bond donors (Lipinski definition) is 1. The topological polar surface area (TPSA) is 26.0 Å². The Morgan fingerprint density at radius 1 is 1.10 bits per heavy atom. The maximum Gasteiger partial charge on any atom is 0.0602 e. The highest BCUT2D eigenvalue weighted by molar-refractivity contribution is 9.11. The van der Waals surface area contributed by atoms with Crippen LogP contribution < -0.4 is 5.73 Å². The lowest BCUT2D eigenvalue weighted by Gasteiger charge is -1.97. The Kier molecular flexibility index (Phi) is 4.32. The van der Waals surface area contributed by atoms with E-state index in [0.717, 1.165) is 14.6 Å². The van der Waals surface area contributed by atoms with Crippen molar-refractivity contribution in [1.29, 1.82) is 0 Å². The van der Waals surface area contributed by atoms with Crippen LogP contribution in [0.3, 0.4) is 0 Å². The van der Waals surface area contributed by atoms with Crippen LogP contribution in [-0.4, -0.2) is 0 Å². The Balaban J connectivity index is 0.000000810. The first-order valence-corrected chi connectivity index (χ1v) is 4.00. The van der Waals surface area contributed by atoms with Gasteiger partial charge < -0.3 is 5.73 Å². The summed E-state index contributed by atoms with van der Waals surface area (Å²) in [6.45, 7) is 0. The Bertz CT molecular complexity index is 207. The number of benzene rings is 1. The van der Waals surface area contributed by atoms with Gasteiger partial charge in [-0.05, 0) is 44.0 Å². The second kappa shape index (κ2) is 4.21. The molecule has 1 rings (SSSR count). The molecule has 1 aromatic carbocycles. The molecule has 0 spiro atoms. The molecule has 0 radical (unpaired) electrons. The van der Waals surface area contributed by atoms with Crippen molar-refractivity contribution in [3.63, 3.8) is 0 Å². The number of hydrogen-bond acceptors (Lipinski definition) is 1. The Hall–Kier alpha value is 0.270. The summed E-state index contributed by atoms with van der Waals surface area (Å²) in [6.07, 6.45) is 0. The summed E-state index contributed by atoms with van der Waals surface area (Å²) in [4.78, 5) is 0. The first-order chi connectivity index (χ1) is 4.22. The highest BCUT2D eigenvalue weighted by atomic mass is 79.9. The van der Waals surface area contributed by atoms with Crippen molar-refractivity contribution in [1.82, 2.24) is 0 Å². The van der Waals surface area contributed by atoms with Crippen LogP contribution in [0.15, 0.2) is 27.1 Å². The minimum Gasteiger partial charge on any atom is -0.397 e. The van der Waals surface area contributed by atoms with E-state index in [4.69, 9.17) is 5.73 Å². The third kappa shape index (κ3) is 2.15. The number of halogens is 3. The van der Waals surface area contributed by atoms with Crippen LogP contribution in [0.1, 0.15) is 0 Å². The summed E-state index contributed by atoms with van der Waals surface area (Å²) >= 11 is 6.58. The van der Waals surface area contributed by atoms with Crippen LogP contribution in [-0.2, 0) is 0 Å². The molecule has 0 amide bonds. The average Bonchev–Trinajstić information content (AvgIpc) is 1.83. The molecule has 0 heterocycles. The van der Waals surface area contributed by atoms with Gasteiger partial charge in [-0.15, -0.1) is 12.4 Å². The molecule has 1 nitrogen and oxygen atoms in total. The van der Waals surface area contributed by atoms with Crippen molar-refractivity contribution in [2.24, 2.45) is 0 Å². The number of rotatable bonds is 0. The second-order valence-electron chi connectivity index (χ2n) is 1.64. The molecule has 0 unspecified atom stereocenters. The summed E-state index contributed by atoms with van der Waals surface area (Å²) in [7, 11) is 0. The molecule has 10 heavy (non-hydrogen) atoms. The SMILES string of the molecule is Cl.N[13c]1[13c](Br)[13cH][13cH][13cH][13c]1Br. The molecular weight excluding hydrogens is 287 g/mol. The molecule has 0 fully saturated rings. The molecule has 2 N–H and O–H groups in total. The zero-order valence-corrected chi connectivity index (χ0v) is 8.96. The zero-order valence-electron chi connectivity index (χ0n) is 4.97. The van der Waals surface area contributed by atoms with Crippen molar-refractivity contribution in [2.75, 3.05) is 5.73 Å². The Morgan fingerprint density at radius 3 is 1.80 bits per heavy atom. The highest BCUT2D eigenvalue weighted by Crippen LogP contribution is 2.26. The molecule has 0 saturated carbocycles. The molecule has 0 aliphatic heterocycles. The molecule has 4 heteroatoms. The minimum atomic E-state index is 0. The van der Waals surface area contributed by atoms with Crippen molar-refractivity contribution in [2.45, 2.75) is 0 Å². The third-order valence-corrected chi connectivity index (χ3v) is 2.38. The van der Waals surface area contributed by atoms with E-state index in [9.17, 15) is 0 Å². The first-order valence-electron chi connectivity index (χ1n) is 2.41. The van der Waals surface area contributed by atoms with E-state index in [1.807, 2.05) is 18.2 Å². The summed E-state index contributed by atoms with van der Waals surface area (Å²) in [5.41, 5.74) is 6.34. The van der Waals surface area contributed by atoms with E-state index in [1.54, 1.807) is 0 Å². The minimum absolute atomic E-state index is 0. The Labute approximate surface area is 82.7 Å². The summed E-state index contributed by atoms with van der Waals surface area (Å²) in [6, 6.07) is 5.73. The maximum absolute atomic E-state index is 5.59. The zero-order chi connectivity index (χ0) is 6.85. The molecular formula is C6H6Br2ClN. The molecule has 56 valence electrons.